The van der Waals surface area contributed by atoms with E-state index < -0.39 is 11.8 Å². The Morgan fingerprint density at radius 2 is 2.04 bits per heavy atom. The average molecular weight is 438 g/mol. The molecule has 0 bridgehead atoms. The van der Waals surface area contributed by atoms with Gasteiger partial charge in [0.2, 0.25) is 0 Å². The summed E-state index contributed by atoms with van der Waals surface area (Å²) in [6, 6.07) is 6.97. The number of nitrogens with zero attached hydrogens (tertiary/aromatic N) is 3. The monoisotopic (exact) mass is 436 g/mol. The summed E-state index contributed by atoms with van der Waals surface area (Å²) >= 11 is 9.55. The largest absolute Gasteiger partial charge is 0.315 e. The smallest absolute Gasteiger partial charge is 0.315 e. The molecule has 0 saturated heterocycles. The van der Waals surface area contributed by atoms with E-state index in [1.807, 2.05) is 19.1 Å². The predicted molar refractivity (Wildman–Crippen MR) is 102 cm³/mol. The molecule has 0 spiro atoms. The van der Waals surface area contributed by atoms with Crippen molar-refractivity contribution in [1.29, 1.82) is 0 Å². The van der Waals surface area contributed by atoms with Crippen LogP contribution in [0.15, 0.2) is 41.1 Å². The van der Waals surface area contributed by atoms with Crippen LogP contribution in [-0.4, -0.2) is 31.8 Å². The molecule has 8 nitrogen and oxygen atoms in total. The van der Waals surface area contributed by atoms with Crippen molar-refractivity contribution in [2.45, 2.75) is 13.5 Å². The lowest BCUT2D eigenvalue weighted by molar-refractivity contribution is -0.133. The molecule has 0 aliphatic carbocycles. The van der Waals surface area contributed by atoms with Crippen LogP contribution >= 0.6 is 27.5 Å². The summed E-state index contributed by atoms with van der Waals surface area (Å²) in [5, 5.41) is 16.2. The Kier molecular flexibility index (Phi) is 5.38. The molecule has 10 heteroatoms. The van der Waals surface area contributed by atoms with Crippen LogP contribution in [0.5, 0.6) is 0 Å². The number of aryl methyl sites for hydroxylation is 1. The highest BCUT2D eigenvalue weighted by Gasteiger charge is 2.17. The number of carbonyl (C=O) groups is 2. The first-order chi connectivity index (χ1) is 12.5. The first-order valence-corrected chi connectivity index (χ1v) is 8.79. The molecule has 2 amide bonds. The minimum atomic E-state index is -0.840. The van der Waals surface area contributed by atoms with E-state index in [2.05, 4.69) is 41.9 Å². The van der Waals surface area contributed by atoms with Crippen LogP contribution in [0.25, 0.3) is 11.3 Å². The van der Waals surface area contributed by atoms with E-state index in [1.165, 1.54) is 6.20 Å². The van der Waals surface area contributed by atoms with Crippen molar-refractivity contribution in [3.8, 4) is 11.3 Å². The number of anilines is 2. The third kappa shape index (κ3) is 4.12. The SMILES string of the molecule is CCn1cc(NC(=O)C(=O)Nc2cc(-c3cc(Br)ccc3Cl)[nH]n2)cn1. The zero-order valence-electron chi connectivity index (χ0n) is 13.6. The summed E-state index contributed by atoms with van der Waals surface area (Å²) in [5.74, 6) is -1.45. The van der Waals surface area contributed by atoms with Crippen molar-refractivity contribution in [3.05, 3.63) is 46.2 Å². The van der Waals surface area contributed by atoms with E-state index in [1.54, 1.807) is 23.0 Å². The van der Waals surface area contributed by atoms with Gasteiger partial charge >= 0.3 is 11.8 Å². The summed E-state index contributed by atoms with van der Waals surface area (Å²) in [4.78, 5) is 24.0. The second-order valence-corrected chi connectivity index (χ2v) is 6.61. The Balaban J connectivity index is 1.67. The Morgan fingerprint density at radius 1 is 1.27 bits per heavy atom. The van der Waals surface area contributed by atoms with E-state index in [0.717, 1.165) is 4.47 Å². The maximum Gasteiger partial charge on any atom is 0.315 e. The van der Waals surface area contributed by atoms with Crippen molar-refractivity contribution in [3.63, 3.8) is 0 Å². The van der Waals surface area contributed by atoms with Crippen molar-refractivity contribution in [2.75, 3.05) is 10.6 Å². The summed E-state index contributed by atoms with van der Waals surface area (Å²) in [5.41, 5.74) is 1.76. The zero-order chi connectivity index (χ0) is 18.7. The molecule has 0 atom stereocenters. The van der Waals surface area contributed by atoms with Crippen molar-refractivity contribution < 1.29 is 9.59 Å². The molecule has 1 aromatic carbocycles. The van der Waals surface area contributed by atoms with Gasteiger partial charge in [-0.15, -0.1) is 0 Å². The number of hydrogen-bond donors (Lipinski definition) is 3. The normalized spacial score (nSPS) is 10.6. The number of hydrogen-bond acceptors (Lipinski definition) is 4. The Labute approximate surface area is 162 Å². The molecule has 0 radical (unpaired) electrons. The molecule has 3 N–H and O–H groups in total. The van der Waals surface area contributed by atoms with E-state index in [0.29, 0.717) is 28.5 Å². The summed E-state index contributed by atoms with van der Waals surface area (Å²) in [6.45, 7) is 2.58. The van der Waals surface area contributed by atoms with Gasteiger partial charge in [0.15, 0.2) is 5.82 Å². The van der Waals surface area contributed by atoms with Gasteiger partial charge in [-0.2, -0.15) is 10.2 Å². The van der Waals surface area contributed by atoms with Gasteiger partial charge in [-0.1, -0.05) is 27.5 Å². The highest BCUT2D eigenvalue weighted by atomic mass is 79.9. The standard InChI is InChI=1S/C16H14BrClN6O2/c1-2-24-8-10(7-19-24)20-15(25)16(26)21-14-6-13(22-23-14)11-5-9(17)3-4-12(11)18/h3-8H,2H2,1H3,(H,20,25)(H2,21,22,23,26). The molecule has 134 valence electrons. The quantitative estimate of drug-likeness (QED) is 0.545. The molecule has 3 aromatic rings. The van der Waals surface area contributed by atoms with Crippen LogP contribution in [0.3, 0.4) is 0 Å². The van der Waals surface area contributed by atoms with Gasteiger partial charge in [0.1, 0.15) is 0 Å². The lowest BCUT2D eigenvalue weighted by Gasteiger charge is -2.02. The second-order valence-electron chi connectivity index (χ2n) is 5.28. The van der Waals surface area contributed by atoms with E-state index in [-0.39, 0.29) is 5.82 Å². The van der Waals surface area contributed by atoms with Crippen LogP contribution < -0.4 is 10.6 Å². The number of nitrogens with one attached hydrogen (secondary N) is 3. The van der Waals surface area contributed by atoms with Gasteiger partial charge in [0.05, 0.1) is 22.6 Å². The number of amides is 2. The minimum Gasteiger partial charge on any atom is -0.315 e. The number of benzene rings is 1. The lowest BCUT2D eigenvalue weighted by atomic mass is 10.1. The molecular formula is C16H14BrClN6O2. The maximum atomic E-state index is 12.0. The zero-order valence-corrected chi connectivity index (χ0v) is 15.9. The van der Waals surface area contributed by atoms with Crippen molar-refractivity contribution in [1.82, 2.24) is 20.0 Å². The first kappa shape index (κ1) is 18.2. The lowest BCUT2D eigenvalue weighted by Crippen LogP contribution is -2.29. The van der Waals surface area contributed by atoms with Gasteiger partial charge < -0.3 is 10.6 Å². The molecule has 2 heterocycles. The fourth-order valence-electron chi connectivity index (χ4n) is 2.19. The Morgan fingerprint density at radius 3 is 2.77 bits per heavy atom. The van der Waals surface area contributed by atoms with E-state index >= 15 is 0 Å². The fourth-order valence-corrected chi connectivity index (χ4v) is 2.77. The number of halogens is 2. The fraction of sp³-hybridized carbons (Fsp3) is 0.125. The third-order valence-electron chi connectivity index (χ3n) is 3.46. The molecule has 26 heavy (non-hydrogen) atoms. The summed E-state index contributed by atoms with van der Waals surface area (Å²) in [7, 11) is 0. The molecular weight excluding hydrogens is 424 g/mol. The second kappa shape index (κ2) is 7.71. The maximum absolute atomic E-state index is 12.0. The number of rotatable bonds is 4. The molecule has 0 unspecified atom stereocenters. The van der Waals surface area contributed by atoms with Crippen LogP contribution in [0.1, 0.15) is 6.92 Å². The van der Waals surface area contributed by atoms with E-state index in [4.69, 9.17) is 11.6 Å². The first-order valence-electron chi connectivity index (χ1n) is 7.62. The topological polar surface area (TPSA) is 105 Å². The van der Waals surface area contributed by atoms with Gasteiger partial charge in [0, 0.05) is 28.8 Å². The average Bonchev–Trinajstić information content (AvgIpc) is 3.26. The van der Waals surface area contributed by atoms with Gasteiger partial charge in [-0.3, -0.25) is 19.4 Å². The van der Waals surface area contributed by atoms with Crippen LogP contribution in [-0.2, 0) is 16.1 Å². The summed E-state index contributed by atoms with van der Waals surface area (Å²) < 4.78 is 2.49. The molecule has 0 aliphatic heterocycles. The molecule has 2 aromatic heterocycles. The van der Waals surface area contributed by atoms with Crippen molar-refractivity contribution in [2.24, 2.45) is 0 Å². The highest BCUT2D eigenvalue weighted by molar-refractivity contribution is 9.10. The highest BCUT2D eigenvalue weighted by Crippen LogP contribution is 2.30. The number of carbonyl (C=O) groups excluding carboxylic acids is 2. The van der Waals surface area contributed by atoms with Crippen molar-refractivity contribution >= 4 is 50.9 Å². The van der Waals surface area contributed by atoms with Gasteiger partial charge in [-0.05, 0) is 25.1 Å². The third-order valence-corrected chi connectivity index (χ3v) is 4.28. The van der Waals surface area contributed by atoms with Gasteiger partial charge in [0.25, 0.3) is 0 Å². The predicted octanol–water partition coefficient (Wildman–Crippen LogP) is 3.29. The minimum absolute atomic E-state index is 0.209. The van der Waals surface area contributed by atoms with Crippen LogP contribution in [0.2, 0.25) is 5.02 Å². The Bertz CT molecular complexity index is 967. The molecule has 0 fully saturated rings. The van der Waals surface area contributed by atoms with E-state index in [9.17, 15) is 9.59 Å². The number of aromatic amines is 1. The Hall–Kier alpha value is -2.65. The number of aromatic nitrogens is 4. The number of H-pyrrole nitrogens is 1. The molecule has 0 saturated carbocycles. The van der Waals surface area contributed by atoms with Crippen LogP contribution in [0, 0.1) is 0 Å². The molecule has 0 aliphatic rings. The van der Waals surface area contributed by atoms with Gasteiger partial charge in [-0.25, -0.2) is 0 Å². The van der Waals surface area contributed by atoms with Crippen LogP contribution in [0.4, 0.5) is 11.5 Å². The molecule has 3 rings (SSSR count). The summed E-state index contributed by atoms with van der Waals surface area (Å²) in [6.07, 6.45) is 3.10.